The van der Waals surface area contributed by atoms with Crippen LogP contribution in [0.25, 0.3) is 0 Å². The maximum atomic E-state index is 11.6. The minimum atomic E-state index is -0.0913. The molecule has 0 aromatic rings. The lowest BCUT2D eigenvalue weighted by Crippen LogP contribution is -2.30. The smallest absolute Gasteiger partial charge is 0.309 e. The summed E-state index contributed by atoms with van der Waals surface area (Å²) in [5.74, 6) is 0.320. The number of esters is 1. The van der Waals surface area contributed by atoms with Crippen LogP contribution in [0, 0.1) is 11.8 Å². The average Bonchev–Trinajstić information content (AvgIpc) is 2.90. The highest BCUT2D eigenvalue weighted by atomic mass is 16.6. The zero-order valence-corrected chi connectivity index (χ0v) is 8.44. The molecule has 1 heterocycles. The summed E-state index contributed by atoms with van der Waals surface area (Å²) in [4.78, 5) is 11.6. The van der Waals surface area contributed by atoms with Gasteiger partial charge in [0.2, 0.25) is 0 Å². The fourth-order valence-corrected chi connectivity index (χ4v) is 2.18. The Balaban J connectivity index is 1.88. The molecule has 78 valence electrons. The van der Waals surface area contributed by atoms with Gasteiger partial charge in [-0.1, -0.05) is 19.6 Å². The van der Waals surface area contributed by atoms with Crippen molar-refractivity contribution in [1.29, 1.82) is 0 Å². The van der Waals surface area contributed by atoms with Gasteiger partial charge in [-0.2, -0.15) is 0 Å². The van der Waals surface area contributed by atoms with Crippen molar-refractivity contribution in [2.75, 3.05) is 6.61 Å². The highest BCUT2D eigenvalue weighted by Gasteiger charge is 2.49. The number of hydrogen-bond donors (Lipinski definition) is 0. The van der Waals surface area contributed by atoms with Crippen LogP contribution in [-0.2, 0) is 14.3 Å². The predicted octanol–water partition coefficient (Wildman–Crippen LogP) is 1.53. The van der Waals surface area contributed by atoms with E-state index >= 15 is 0 Å². The summed E-state index contributed by atoms with van der Waals surface area (Å²) in [6.45, 7) is 5.93. The van der Waals surface area contributed by atoms with Crippen LogP contribution in [0.5, 0.6) is 0 Å². The molecule has 0 aromatic carbocycles. The Kier molecular flexibility index (Phi) is 2.59. The van der Waals surface area contributed by atoms with Gasteiger partial charge in [-0.05, 0) is 18.8 Å². The molecule has 1 saturated heterocycles. The fraction of sp³-hybridized carbons (Fsp3) is 0.727. The molecule has 0 spiro atoms. The lowest BCUT2D eigenvalue weighted by molar-refractivity contribution is -0.149. The van der Waals surface area contributed by atoms with Gasteiger partial charge < -0.3 is 9.47 Å². The van der Waals surface area contributed by atoms with E-state index in [1.165, 1.54) is 0 Å². The summed E-state index contributed by atoms with van der Waals surface area (Å²) in [5, 5.41) is 0. The third-order valence-corrected chi connectivity index (χ3v) is 3.11. The average molecular weight is 196 g/mol. The van der Waals surface area contributed by atoms with Crippen molar-refractivity contribution in [3.63, 3.8) is 0 Å². The topological polar surface area (TPSA) is 38.8 Å². The maximum Gasteiger partial charge on any atom is 0.309 e. The van der Waals surface area contributed by atoms with Crippen molar-refractivity contribution >= 4 is 5.97 Å². The zero-order valence-electron chi connectivity index (χ0n) is 8.44. The number of carbonyl (C=O) groups is 1. The number of ether oxygens (including phenoxy) is 2. The third-order valence-electron chi connectivity index (χ3n) is 3.11. The first-order chi connectivity index (χ1) is 6.72. The van der Waals surface area contributed by atoms with E-state index in [9.17, 15) is 4.79 Å². The Morgan fingerprint density at radius 1 is 1.57 bits per heavy atom. The molecule has 0 aromatic heterocycles. The summed E-state index contributed by atoms with van der Waals surface area (Å²) in [7, 11) is 0. The second-order valence-corrected chi connectivity index (χ2v) is 4.19. The Labute approximate surface area is 84.1 Å². The molecule has 3 nitrogen and oxygen atoms in total. The molecule has 0 bridgehead atoms. The monoisotopic (exact) mass is 196 g/mol. The van der Waals surface area contributed by atoms with Crippen LogP contribution in [-0.4, -0.2) is 24.8 Å². The summed E-state index contributed by atoms with van der Waals surface area (Å²) in [6.07, 6.45) is 4.18. The summed E-state index contributed by atoms with van der Waals surface area (Å²) in [6, 6.07) is 0. The van der Waals surface area contributed by atoms with Gasteiger partial charge in [0.25, 0.3) is 0 Å². The quantitative estimate of drug-likeness (QED) is 0.390. The molecule has 4 atom stereocenters. The second kappa shape index (κ2) is 3.73. The molecule has 0 unspecified atom stereocenters. The second-order valence-electron chi connectivity index (χ2n) is 4.19. The molecule has 0 amide bonds. The Morgan fingerprint density at radius 3 is 3.00 bits per heavy atom. The molecule has 2 aliphatic rings. The molecule has 3 heteroatoms. The molecule has 0 radical (unpaired) electrons. The minimum Gasteiger partial charge on any atom is -0.461 e. The molecule has 2 fully saturated rings. The molecule has 0 N–H and O–H groups in total. The van der Waals surface area contributed by atoms with Crippen LogP contribution in [0.1, 0.15) is 19.8 Å². The van der Waals surface area contributed by atoms with Crippen LogP contribution in [0.15, 0.2) is 12.7 Å². The summed E-state index contributed by atoms with van der Waals surface area (Å²) < 4.78 is 10.5. The van der Waals surface area contributed by atoms with Gasteiger partial charge in [-0.15, -0.1) is 0 Å². The lowest BCUT2D eigenvalue weighted by atomic mass is 9.80. The van der Waals surface area contributed by atoms with Crippen LogP contribution < -0.4 is 0 Å². The van der Waals surface area contributed by atoms with Crippen LogP contribution >= 0.6 is 0 Å². The number of fused-ring (bicyclic) bond motifs is 1. The Bertz CT molecular complexity index is 249. The highest BCUT2D eigenvalue weighted by Crippen LogP contribution is 2.42. The Hall–Kier alpha value is -0.830. The standard InChI is InChI=1S/C11H16O3/c1-3-4-13-11(12)8-6-10-9(14-10)5-7(8)2/h3,7-10H,1,4-6H2,2H3/t7-,8-,9+,10+/m1/s1. The highest BCUT2D eigenvalue weighted by molar-refractivity contribution is 5.73. The maximum absolute atomic E-state index is 11.6. The van der Waals surface area contributed by atoms with Gasteiger partial charge in [-0.3, -0.25) is 4.79 Å². The molecular formula is C11H16O3. The van der Waals surface area contributed by atoms with E-state index < -0.39 is 0 Å². The molecule has 1 saturated carbocycles. The molecule has 1 aliphatic carbocycles. The summed E-state index contributed by atoms with van der Waals surface area (Å²) >= 11 is 0. The van der Waals surface area contributed by atoms with Crippen molar-refractivity contribution in [2.24, 2.45) is 11.8 Å². The van der Waals surface area contributed by atoms with Gasteiger partial charge in [0, 0.05) is 0 Å². The molecule has 2 rings (SSSR count). The van der Waals surface area contributed by atoms with E-state index in [0.717, 1.165) is 12.8 Å². The van der Waals surface area contributed by atoms with Crippen molar-refractivity contribution in [3.05, 3.63) is 12.7 Å². The van der Waals surface area contributed by atoms with Gasteiger partial charge in [0.15, 0.2) is 0 Å². The normalized spacial score (nSPS) is 39.8. The first kappa shape index (κ1) is 9.71. The van der Waals surface area contributed by atoms with Crippen LogP contribution in [0.4, 0.5) is 0 Å². The van der Waals surface area contributed by atoms with Crippen molar-refractivity contribution < 1.29 is 14.3 Å². The van der Waals surface area contributed by atoms with Gasteiger partial charge in [0.05, 0.1) is 18.1 Å². The van der Waals surface area contributed by atoms with Gasteiger partial charge >= 0.3 is 5.97 Å². The largest absolute Gasteiger partial charge is 0.461 e. The minimum absolute atomic E-state index is 0.0266. The number of rotatable bonds is 3. The van der Waals surface area contributed by atoms with Crippen molar-refractivity contribution in [3.8, 4) is 0 Å². The first-order valence-electron chi connectivity index (χ1n) is 5.15. The number of hydrogen-bond acceptors (Lipinski definition) is 3. The van der Waals surface area contributed by atoms with E-state index in [0.29, 0.717) is 24.7 Å². The van der Waals surface area contributed by atoms with E-state index in [2.05, 4.69) is 13.5 Å². The lowest BCUT2D eigenvalue weighted by Gasteiger charge is -2.23. The molecule has 14 heavy (non-hydrogen) atoms. The number of epoxide rings is 1. The van der Waals surface area contributed by atoms with E-state index in [4.69, 9.17) is 9.47 Å². The fourth-order valence-electron chi connectivity index (χ4n) is 2.18. The van der Waals surface area contributed by atoms with Crippen LogP contribution in [0.2, 0.25) is 0 Å². The van der Waals surface area contributed by atoms with Crippen molar-refractivity contribution in [1.82, 2.24) is 0 Å². The van der Waals surface area contributed by atoms with Gasteiger partial charge in [-0.25, -0.2) is 0 Å². The Morgan fingerprint density at radius 2 is 2.29 bits per heavy atom. The van der Waals surface area contributed by atoms with E-state index in [1.807, 2.05) is 0 Å². The van der Waals surface area contributed by atoms with Crippen molar-refractivity contribution in [2.45, 2.75) is 32.0 Å². The van der Waals surface area contributed by atoms with Crippen LogP contribution in [0.3, 0.4) is 0 Å². The predicted molar refractivity (Wildman–Crippen MR) is 51.7 cm³/mol. The third kappa shape index (κ3) is 1.82. The summed E-state index contributed by atoms with van der Waals surface area (Å²) in [5.41, 5.74) is 0. The SMILES string of the molecule is C=CCOC(=O)[C@@H]1C[C@@H]2O[C@H]2C[C@H]1C. The van der Waals surface area contributed by atoms with Gasteiger partial charge in [0.1, 0.15) is 6.61 Å². The van der Waals surface area contributed by atoms with E-state index in [-0.39, 0.29) is 11.9 Å². The zero-order chi connectivity index (χ0) is 10.1. The number of carbonyl (C=O) groups excluding carboxylic acids is 1. The first-order valence-corrected chi connectivity index (χ1v) is 5.15. The molecular weight excluding hydrogens is 180 g/mol. The van der Waals surface area contributed by atoms with E-state index in [1.54, 1.807) is 6.08 Å². The molecule has 1 aliphatic heterocycles.